The molecular formula is C23H22N2O2S. The molecule has 0 spiro atoms. The number of carbonyl (C=O) groups is 2. The average Bonchev–Trinajstić information content (AvgIpc) is 3.01. The fourth-order valence-electron chi connectivity index (χ4n) is 4.87. The van der Waals surface area contributed by atoms with Crippen LogP contribution in [0.15, 0.2) is 69.6 Å². The van der Waals surface area contributed by atoms with Gasteiger partial charge in [0.05, 0.1) is 11.4 Å². The molecule has 3 aliphatic rings. The second-order valence-corrected chi connectivity index (χ2v) is 9.44. The summed E-state index contributed by atoms with van der Waals surface area (Å²) in [5.41, 5.74) is 3.53. The number of allylic oxidation sites excluding steroid dienone is 2. The Morgan fingerprint density at radius 1 is 1.04 bits per heavy atom. The summed E-state index contributed by atoms with van der Waals surface area (Å²) in [6.45, 7) is 6.02. The molecule has 28 heavy (non-hydrogen) atoms. The fourth-order valence-corrected chi connectivity index (χ4v) is 5.93. The number of fused-ring (bicyclic) bond motifs is 3. The van der Waals surface area contributed by atoms with Crippen molar-refractivity contribution in [2.75, 3.05) is 4.90 Å². The van der Waals surface area contributed by atoms with E-state index in [0.717, 1.165) is 38.9 Å². The van der Waals surface area contributed by atoms with E-state index in [1.54, 1.807) is 23.6 Å². The van der Waals surface area contributed by atoms with Gasteiger partial charge in [0.25, 0.3) is 0 Å². The Morgan fingerprint density at radius 2 is 1.61 bits per heavy atom. The lowest BCUT2D eigenvalue weighted by molar-refractivity contribution is -0.114. The van der Waals surface area contributed by atoms with Gasteiger partial charge in [-0.25, -0.2) is 4.79 Å². The Hall–Kier alpha value is -2.53. The molecule has 0 aromatic heterocycles. The first-order valence-electron chi connectivity index (χ1n) is 9.60. The highest BCUT2D eigenvalue weighted by Crippen LogP contribution is 2.68. The van der Waals surface area contributed by atoms with Crippen LogP contribution in [0.3, 0.4) is 0 Å². The van der Waals surface area contributed by atoms with E-state index >= 15 is 0 Å². The zero-order valence-electron chi connectivity index (χ0n) is 16.2. The van der Waals surface area contributed by atoms with E-state index in [4.69, 9.17) is 0 Å². The van der Waals surface area contributed by atoms with Crippen LogP contribution in [0, 0.1) is 17.3 Å². The number of hydrogen-bond donors (Lipinski definition) is 1. The van der Waals surface area contributed by atoms with Gasteiger partial charge in [-0.3, -0.25) is 9.69 Å². The molecule has 5 rings (SSSR count). The number of para-hydroxylation sites is 2. The van der Waals surface area contributed by atoms with Crippen LogP contribution in [0.25, 0.3) is 0 Å². The van der Waals surface area contributed by atoms with Gasteiger partial charge in [0.1, 0.15) is 0 Å². The van der Waals surface area contributed by atoms with Gasteiger partial charge in [0.2, 0.25) is 0 Å². The molecule has 5 heteroatoms. The summed E-state index contributed by atoms with van der Waals surface area (Å²) in [6, 6.07) is 15.7. The van der Waals surface area contributed by atoms with Crippen molar-refractivity contribution in [2.45, 2.75) is 37.0 Å². The summed E-state index contributed by atoms with van der Waals surface area (Å²) in [5.74, 6) is 0.804. The van der Waals surface area contributed by atoms with E-state index in [2.05, 4.69) is 19.2 Å². The smallest absolute Gasteiger partial charge is 0.311 e. The van der Waals surface area contributed by atoms with Crippen LogP contribution in [-0.2, 0) is 4.79 Å². The average molecular weight is 391 g/mol. The Balaban J connectivity index is 1.52. The van der Waals surface area contributed by atoms with Crippen molar-refractivity contribution in [3.05, 3.63) is 59.8 Å². The molecule has 2 aromatic carbocycles. The van der Waals surface area contributed by atoms with E-state index in [0.29, 0.717) is 5.92 Å². The van der Waals surface area contributed by atoms with Gasteiger partial charge < -0.3 is 5.32 Å². The lowest BCUT2D eigenvalue weighted by Crippen LogP contribution is -2.38. The van der Waals surface area contributed by atoms with Crippen LogP contribution < -0.4 is 10.2 Å². The first kappa shape index (κ1) is 17.6. The number of anilines is 2. The van der Waals surface area contributed by atoms with Gasteiger partial charge in [-0.15, -0.1) is 0 Å². The molecule has 0 bridgehead atoms. The van der Waals surface area contributed by atoms with Gasteiger partial charge in [-0.1, -0.05) is 49.9 Å². The number of rotatable bonds is 2. The maximum absolute atomic E-state index is 13.4. The van der Waals surface area contributed by atoms with Gasteiger partial charge in [0.15, 0.2) is 5.78 Å². The highest BCUT2D eigenvalue weighted by molar-refractivity contribution is 7.99. The maximum Gasteiger partial charge on any atom is 0.330 e. The van der Waals surface area contributed by atoms with Crippen molar-refractivity contribution in [3.8, 4) is 0 Å². The van der Waals surface area contributed by atoms with E-state index in [-0.39, 0.29) is 23.1 Å². The molecule has 2 aliphatic carbocycles. The highest BCUT2D eigenvalue weighted by Gasteiger charge is 2.64. The molecule has 4 nitrogen and oxygen atoms in total. The molecule has 142 valence electrons. The van der Waals surface area contributed by atoms with Crippen LogP contribution >= 0.6 is 11.8 Å². The number of urea groups is 1. The molecule has 2 aromatic rings. The van der Waals surface area contributed by atoms with Gasteiger partial charge in [-0.05, 0) is 54.9 Å². The van der Waals surface area contributed by atoms with Gasteiger partial charge in [-0.2, -0.15) is 0 Å². The van der Waals surface area contributed by atoms with Crippen LogP contribution in [0.1, 0.15) is 27.2 Å². The predicted molar refractivity (Wildman–Crippen MR) is 111 cm³/mol. The molecule has 0 saturated heterocycles. The van der Waals surface area contributed by atoms with Gasteiger partial charge in [0, 0.05) is 21.1 Å². The van der Waals surface area contributed by atoms with Crippen LogP contribution in [0.5, 0.6) is 0 Å². The molecule has 1 saturated carbocycles. The quantitative estimate of drug-likeness (QED) is 0.735. The van der Waals surface area contributed by atoms with Crippen molar-refractivity contribution in [2.24, 2.45) is 17.3 Å². The summed E-state index contributed by atoms with van der Waals surface area (Å²) in [5, 5.41) is 3.10. The minimum Gasteiger partial charge on any atom is -0.311 e. The minimum atomic E-state index is -0.201. The monoisotopic (exact) mass is 390 g/mol. The second-order valence-electron chi connectivity index (χ2n) is 8.36. The molecule has 2 amide bonds. The first-order chi connectivity index (χ1) is 13.4. The van der Waals surface area contributed by atoms with E-state index in [1.807, 2.05) is 48.5 Å². The Kier molecular flexibility index (Phi) is 3.75. The minimum absolute atomic E-state index is 0.0726. The molecule has 1 heterocycles. The highest BCUT2D eigenvalue weighted by atomic mass is 32.2. The van der Waals surface area contributed by atoms with Crippen LogP contribution in [0.4, 0.5) is 16.2 Å². The zero-order chi connectivity index (χ0) is 19.6. The topological polar surface area (TPSA) is 49.4 Å². The third-order valence-corrected chi connectivity index (χ3v) is 7.51. The molecule has 1 aliphatic heterocycles. The normalized spacial score (nSPS) is 23.6. The number of nitrogens with one attached hydrogen (secondary N) is 1. The summed E-state index contributed by atoms with van der Waals surface area (Å²) < 4.78 is 0. The largest absolute Gasteiger partial charge is 0.330 e. The van der Waals surface area contributed by atoms with E-state index in [1.165, 1.54) is 0 Å². The summed E-state index contributed by atoms with van der Waals surface area (Å²) in [6.07, 6.45) is 0.768. The third-order valence-electron chi connectivity index (χ3n) is 6.38. The lowest BCUT2D eigenvalue weighted by Gasteiger charge is -2.31. The molecular weight excluding hydrogens is 368 g/mol. The van der Waals surface area contributed by atoms with Crippen molar-refractivity contribution in [1.82, 2.24) is 5.32 Å². The third kappa shape index (κ3) is 2.46. The Morgan fingerprint density at radius 3 is 2.18 bits per heavy atom. The second kappa shape index (κ2) is 5.98. The number of amides is 2. The molecule has 2 atom stereocenters. The number of Topliss-reactive ketones (excluding diaryl/α,β-unsaturated/α-hetero) is 1. The molecule has 0 radical (unpaired) electrons. The summed E-state index contributed by atoms with van der Waals surface area (Å²) in [7, 11) is 0. The van der Waals surface area contributed by atoms with E-state index < -0.39 is 0 Å². The SMILES string of the molecule is CC(=O)C1=C(NC(=O)N2c3ccccc3Sc3ccccc32)CC2C1C2(C)C. The fraction of sp³-hybridized carbons (Fsp3) is 0.304. The van der Waals surface area contributed by atoms with Gasteiger partial charge >= 0.3 is 6.03 Å². The lowest BCUT2D eigenvalue weighted by atomic mass is 9.96. The van der Waals surface area contributed by atoms with Crippen molar-refractivity contribution < 1.29 is 9.59 Å². The number of hydrogen-bond acceptors (Lipinski definition) is 3. The van der Waals surface area contributed by atoms with E-state index in [9.17, 15) is 9.59 Å². The number of nitrogens with zero attached hydrogens (tertiary/aromatic N) is 1. The summed E-state index contributed by atoms with van der Waals surface area (Å²) >= 11 is 1.67. The number of ketones is 1. The first-order valence-corrected chi connectivity index (χ1v) is 10.4. The standard InChI is InChI=1S/C23H22N2O2S/c1-13(26)20-15(12-14-21(20)23(14,2)3)24-22(27)25-16-8-4-6-10-18(16)28-19-11-7-5-9-17(19)25/h4-11,14,21H,12H2,1-3H3,(H,24,27). The zero-order valence-corrected chi connectivity index (χ0v) is 17.0. The molecule has 2 unspecified atom stereocenters. The van der Waals surface area contributed by atoms with Crippen molar-refractivity contribution in [1.29, 1.82) is 0 Å². The number of benzene rings is 2. The van der Waals surface area contributed by atoms with Crippen LogP contribution in [-0.4, -0.2) is 11.8 Å². The van der Waals surface area contributed by atoms with Crippen molar-refractivity contribution >= 4 is 35.0 Å². The molecule has 1 N–H and O–H groups in total. The molecule has 1 fully saturated rings. The maximum atomic E-state index is 13.4. The van der Waals surface area contributed by atoms with Crippen molar-refractivity contribution in [3.63, 3.8) is 0 Å². The predicted octanol–water partition coefficient (Wildman–Crippen LogP) is 5.52. The summed E-state index contributed by atoms with van der Waals surface area (Å²) in [4.78, 5) is 29.5. The Labute approximate surface area is 169 Å². The Bertz CT molecular complexity index is 1010. The number of carbonyl (C=O) groups excluding carboxylic acids is 2. The van der Waals surface area contributed by atoms with Crippen LogP contribution in [0.2, 0.25) is 0 Å².